The summed E-state index contributed by atoms with van der Waals surface area (Å²) < 4.78 is 40.5. The fourth-order valence-corrected chi connectivity index (χ4v) is 2.97. The number of pyridine rings is 1. The summed E-state index contributed by atoms with van der Waals surface area (Å²) >= 11 is 0. The molecule has 142 valence electrons. The number of rotatable bonds is 4. The minimum absolute atomic E-state index is 0.119. The summed E-state index contributed by atoms with van der Waals surface area (Å²) in [5.74, 6) is -1.65. The van der Waals surface area contributed by atoms with E-state index in [4.69, 9.17) is 15.2 Å². The van der Waals surface area contributed by atoms with Crippen LogP contribution in [0.25, 0.3) is 22.3 Å². The molecule has 0 saturated carbocycles. The van der Waals surface area contributed by atoms with Gasteiger partial charge in [-0.2, -0.15) is 5.10 Å². The molecule has 0 spiro atoms. The molecule has 0 radical (unpaired) electrons. The normalized spacial score (nSPS) is 17.1. The molecule has 4 rings (SSSR count). The van der Waals surface area contributed by atoms with Gasteiger partial charge < -0.3 is 15.2 Å². The number of hydrogen-bond acceptors (Lipinski definition) is 6. The highest BCUT2D eigenvalue weighted by atomic mass is 19.2. The van der Waals surface area contributed by atoms with Crippen LogP contribution in [-0.4, -0.2) is 34.0 Å². The van der Waals surface area contributed by atoms with Crippen LogP contribution in [0, 0.1) is 11.6 Å². The molecule has 2 aromatic heterocycles. The molecule has 0 aliphatic carbocycles. The van der Waals surface area contributed by atoms with Gasteiger partial charge >= 0.3 is 0 Å². The van der Waals surface area contributed by atoms with E-state index in [0.717, 1.165) is 12.1 Å². The molecule has 27 heavy (non-hydrogen) atoms. The van der Waals surface area contributed by atoms with Crippen molar-refractivity contribution in [2.75, 3.05) is 18.9 Å². The Balaban J connectivity index is 1.90. The Morgan fingerprint density at radius 3 is 2.78 bits per heavy atom. The molecule has 1 saturated heterocycles. The Morgan fingerprint density at radius 2 is 2.07 bits per heavy atom. The number of nitrogen functional groups attached to an aromatic ring is 1. The first-order valence-electron chi connectivity index (χ1n) is 8.60. The third-order valence-corrected chi connectivity index (χ3v) is 4.15. The Morgan fingerprint density at radius 1 is 1.30 bits per heavy atom. The number of nitrogens with zero attached hydrogens (tertiary/aromatic N) is 3. The van der Waals surface area contributed by atoms with Gasteiger partial charge in [0, 0.05) is 18.0 Å². The molecule has 1 aromatic carbocycles. The Labute approximate surface area is 154 Å². The average Bonchev–Trinajstić information content (AvgIpc) is 3.25. The van der Waals surface area contributed by atoms with E-state index in [1.165, 1.54) is 4.68 Å². The van der Waals surface area contributed by atoms with Crippen LogP contribution in [0.5, 0.6) is 5.88 Å². The molecule has 1 aliphatic heterocycles. The first-order chi connectivity index (χ1) is 12.9. The minimum atomic E-state index is -0.960. The van der Waals surface area contributed by atoms with Crippen LogP contribution < -0.4 is 15.8 Å². The number of fused-ring (bicyclic) bond motifs is 1. The maximum absolute atomic E-state index is 13.9. The molecule has 3 aromatic rings. The summed E-state index contributed by atoms with van der Waals surface area (Å²) in [5, 5.41) is 8.03. The average molecular weight is 375 g/mol. The number of hydrogen-bond donors (Lipinski definition) is 2. The molecule has 9 heteroatoms. The lowest BCUT2D eigenvalue weighted by Gasteiger charge is -2.12. The predicted molar refractivity (Wildman–Crippen MR) is 96.0 cm³/mol. The quantitative estimate of drug-likeness (QED) is 0.729. The zero-order valence-electron chi connectivity index (χ0n) is 14.9. The molecule has 7 nitrogen and oxygen atoms in total. The monoisotopic (exact) mass is 375 g/mol. The van der Waals surface area contributed by atoms with Gasteiger partial charge in [-0.3, -0.25) is 5.32 Å². The molecule has 3 heterocycles. The zero-order valence-corrected chi connectivity index (χ0v) is 14.9. The molecular formula is C18H19F2N5O2. The van der Waals surface area contributed by atoms with Gasteiger partial charge in [0.2, 0.25) is 12.2 Å². The first-order valence-corrected chi connectivity index (χ1v) is 8.60. The van der Waals surface area contributed by atoms with Crippen molar-refractivity contribution in [1.29, 1.82) is 0 Å². The van der Waals surface area contributed by atoms with Crippen molar-refractivity contribution in [3.05, 3.63) is 35.9 Å². The third-order valence-electron chi connectivity index (χ3n) is 4.15. The van der Waals surface area contributed by atoms with E-state index in [-0.39, 0.29) is 12.0 Å². The van der Waals surface area contributed by atoms with Crippen LogP contribution in [0.1, 0.15) is 20.2 Å². The van der Waals surface area contributed by atoms with E-state index < -0.39 is 18.0 Å². The standard InChI is InChI=1S/C18H19F2N5O2/c1-9(2)27-17-13(21)3-4-14(23-17)16-10-7-11(19)12(20)8-15(10)25(24-16)18-22-5-6-26-18/h3-4,7-9,18,22H,5-6,21H2,1-2H3. The van der Waals surface area contributed by atoms with Gasteiger partial charge in [-0.1, -0.05) is 0 Å². The van der Waals surface area contributed by atoms with Crippen molar-refractivity contribution in [2.24, 2.45) is 0 Å². The minimum Gasteiger partial charge on any atom is -0.473 e. The molecule has 1 atom stereocenters. The van der Waals surface area contributed by atoms with E-state index in [0.29, 0.717) is 41.1 Å². The Hall–Kier alpha value is -2.78. The molecule has 1 fully saturated rings. The van der Waals surface area contributed by atoms with Gasteiger partial charge in [0.1, 0.15) is 5.69 Å². The van der Waals surface area contributed by atoms with E-state index in [2.05, 4.69) is 15.4 Å². The van der Waals surface area contributed by atoms with Gasteiger partial charge in [0.15, 0.2) is 11.6 Å². The number of aromatic nitrogens is 3. The lowest BCUT2D eigenvalue weighted by Crippen LogP contribution is -2.22. The van der Waals surface area contributed by atoms with Crippen LogP contribution in [0.3, 0.4) is 0 Å². The van der Waals surface area contributed by atoms with Crippen LogP contribution in [0.4, 0.5) is 14.5 Å². The fourth-order valence-electron chi connectivity index (χ4n) is 2.97. The SMILES string of the molecule is CC(C)Oc1nc(-c2nn(C3NCCO3)c3cc(F)c(F)cc23)ccc1N. The summed E-state index contributed by atoms with van der Waals surface area (Å²) in [6.45, 7) is 4.85. The summed E-state index contributed by atoms with van der Waals surface area (Å²) in [5.41, 5.74) is 7.53. The van der Waals surface area contributed by atoms with Crippen molar-refractivity contribution >= 4 is 16.6 Å². The van der Waals surface area contributed by atoms with E-state index in [9.17, 15) is 8.78 Å². The molecule has 0 bridgehead atoms. The van der Waals surface area contributed by atoms with Crippen molar-refractivity contribution in [3.63, 3.8) is 0 Å². The number of halogens is 2. The third kappa shape index (κ3) is 3.19. The summed E-state index contributed by atoms with van der Waals surface area (Å²) in [4.78, 5) is 4.42. The Kier molecular flexibility index (Phi) is 4.40. The predicted octanol–water partition coefficient (Wildman–Crippen LogP) is 2.82. The molecule has 3 N–H and O–H groups in total. The second kappa shape index (κ2) is 6.75. The van der Waals surface area contributed by atoms with Crippen molar-refractivity contribution in [1.82, 2.24) is 20.1 Å². The maximum Gasteiger partial charge on any atom is 0.238 e. The van der Waals surface area contributed by atoms with E-state index in [1.807, 2.05) is 13.8 Å². The van der Waals surface area contributed by atoms with Gasteiger partial charge in [0.25, 0.3) is 0 Å². The van der Waals surface area contributed by atoms with Gasteiger partial charge in [-0.15, -0.1) is 0 Å². The highest BCUT2D eigenvalue weighted by Gasteiger charge is 2.24. The largest absolute Gasteiger partial charge is 0.473 e. The fraction of sp³-hybridized carbons (Fsp3) is 0.333. The summed E-state index contributed by atoms with van der Waals surface area (Å²) in [7, 11) is 0. The highest BCUT2D eigenvalue weighted by Crippen LogP contribution is 2.33. The lowest BCUT2D eigenvalue weighted by molar-refractivity contribution is 0.0381. The van der Waals surface area contributed by atoms with Gasteiger partial charge in [-0.05, 0) is 32.0 Å². The van der Waals surface area contributed by atoms with Crippen LogP contribution >= 0.6 is 0 Å². The Bertz CT molecular complexity index is 999. The number of benzene rings is 1. The molecule has 1 aliphatic rings. The topological polar surface area (TPSA) is 87.2 Å². The van der Waals surface area contributed by atoms with Crippen LogP contribution in [-0.2, 0) is 4.74 Å². The van der Waals surface area contributed by atoms with Gasteiger partial charge in [0.05, 0.1) is 29.6 Å². The number of anilines is 1. The van der Waals surface area contributed by atoms with Crippen LogP contribution in [0.2, 0.25) is 0 Å². The van der Waals surface area contributed by atoms with Crippen molar-refractivity contribution in [3.8, 4) is 17.3 Å². The van der Waals surface area contributed by atoms with E-state index >= 15 is 0 Å². The number of nitrogens with two attached hydrogens (primary N) is 1. The second-order valence-electron chi connectivity index (χ2n) is 6.51. The van der Waals surface area contributed by atoms with Gasteiger partial charge in [-0.25, -0.2) is 18.4 Å². The second-order valence-corrected chi connectivity index (χ2v) is 6.51. The lowest BCUT2D eigenvalue weighted by atomic mass is 10.1. The number of nitrogens with one attached hydrogen (secondary N) is 1. The number of ether oxygens (including phenoxy) is 2. The molecular weight excluding hydrogens is 356 g/mol. The summed E-state index contributed by atoms with van der Waals surface area (Å²) in [6.07, 6.45) is -0.682. The smallest absolute Gasteiger partial charge is 0.238 e. The zero-order chi connectivity index (χ0) is 19.1. The van der Waals surface area contributed by atoms with Crippen molar-refractivity contribution < 1.29 is 18.3 Å². The van der Waals surface area contributed by atoms with Crippen LogP contribution in [0.15, 0.2) is 24.3 Å². The summed E-state index contributed by atoms with van der Waals surface area (Å²) in [6, 6.07) is 5.53. The maximum atomic E-state index is 13.9. The van der Waals surface area contributed by atoms with Crippen molar-refractivity contribution in [2.45, 2.75) is 26.3 Å². The molecule has 1 unspecified atom stereocenters. The highest BCUT2D eigenvalue weighted by molar-refractivity contribution is 5.93. The first kappa shape index (κ1) is 17.6. The molecule has 0 amide bonds. The van der Waals surface area contributed by atoms with E-state index in [1.54, 1.807) is 12.1 Å².